The normalized spacial score (nSPS) is 12.0. The molecule has 3 heterocycles. The van der Waals surface area contributed by atoms with Crippen LogP contribution in [0.3, 0.4) is 0 Å². The first-order valence-corrected chi connectivity index (χ1v) is 17.6. The van der Waals surface area contributed by atoms with Crippen LogP contribution >= 0.6 is 0 Å². The van der Waals surface area contributed by atoms with E-state index in [1.165, 1.54) is 12.1 Å². The highest BCUT2D eigenvalue weighted by Gasteiger charge is 2.17. The van der Waals surface area contributed by atoms with E-state index in [-0.39, 0.29) is 5.69 Å². The standard InChI is InChI=1S/C30H37N7O4Si/c1-34(2)15-16-35-13-11-22-19-23(9-10-27(22)35)31-30-32-28-26(12-14-36(28)21-40-17-18-42(3,4)5)29(33-30)41-25-8-6-7-24(20-25)37(38)39/h6-14,19-20H,15-18,21H2,1-5H3,(H,31,32,33). The summed E-state index contributed by atoms with van der Waals surface area (Å²) >= 11 is 0. The van der Waals surface area contributed by atoms with Gasteiger partial charge < -0.3 is 28.8 Å². The van der Waals surface area contributed by atoms with Crippen LogP contribution in [0, 0.1) is 10.1 Å². The van der Waals surface area contributed by atoms with Gasteiger partial charge in [-0.1, -0.05) is 25.7 Å². The number of aromatic nitrogens is 4. The predicted molar refractivity (Wildman–Crippen MR) is 169 cm³/mol. The molecule has 5 aromatic rings. The number of hydrogen-bond acceptors (Lipinski definition) is 8. The zero-order valence-electron chi connectivity index (χ0n) is 24.7. The van der Waals surface area contributed by atoms with E-state index in [0.717, 1.165) is 35.7 Å². The van der Waals surface area contributed by atoms with E-state index < -0.39 is 13.0 Å². The molecule has 3 aromatic heterocycles. The molecular formula is C30H37N7O4Si. The van der Waals surface area contributed by atoms with E-state index >= 15 is 0 Å². The summed E-state index contributed by atoms with van der Waals surface area (Å²) in [6.45, 7) is 9.83. The van der Waals surface area contributed by atoms with Crippen molar-refractivity contribution in [1.82, 2.24) is 24.0 Å². The van der Waals surface area contributed by atoms with E-state index in [9.17, 15) is 10.1 Å². The molecule has 0 unspecified atom stereocenters. The van der Waals surface area contributed by atoms with Gasteiger partial charge in [-0.3, -0.25) is 10.1 Å². The van der Waals surface area contributed by atoms with E-state index in [2.05, 4.69) is 77.9 Å². The highest BCUT2D eigenvalue weighted by molar-refractivity contribution is 6.76. The van der Waals surface area contributed by atoms with Gasteiger partial charge in [-0.25, -0.2) is 0 Å². The van der Waals surface area contributed by atoms with Gasteiger partial charge in [0.2, 0.25) is 11.8 Å². The number of likely N-dealkylation sites (N-methyl/N-ethyl adjacent to an activating group) is 1. The first-order valence-electron chi connectivity index (χ1n) is 13.9. The molecule has 0 bridgehead atoms. The Morgan fingerprint density at radius 3 is 2.60 bits per heavy atom. The lowest BCUT2D eigenvalue weighted by molar-refractivity contribution is -0.384. The number of nitrogens with one attached hydrogen (secondary N) is 1. The maximum atomic E-state index is 11.3. The van der Waals surface area contributed by atoms with Crippen LogP contribution in [0.25, 0.3) is 21.9 Å². The molecule has 0 saturated carbocycles. The average molecular weight is 588 g/mol. The number of nitrogens with zero attached hydrogens (tertiary/aromatic N) is 6. The molecule has 0 amide bonds. The monoisotopic (exact) mass is 587 g/mol. The van der Waals surface area contributed by atoms with E-state index in [1.807, 2.05) is 22.9 Å². The van der Waals surface area contributed by atoms with Crippen molar-refractivity contribution in [2.45, 2.75) is 39.0 Å². The second-order valence-electron chi connectivity index (χ2n) is 11.8. The van der Waals surface area contributed by atoms with Crippen LogP contribution in [0.2, 0.25) is 25.7 Å². The molecule has 1 N–H and O–H groups in total. The van der Waals surface area contributed by atoms with Gasteiger partial charge in [0.1, 0.15) is 12.5 Å². The minimum atomic E-state index is -1.22. The molecule has 11 nitrogen and oxygen atoms in total. The summed E-state index contributed by atoms with van der Waals surface area (Å²) in [6, 6.07) is 17.2. The minimum absolute atomic E-state index is 0.0599. The smallest absolute Gasteiger partial charge is 0.273 e. The lowest BCUT2D eigenvalue weighted by Crippen LogP contribution is -2.22. The van der Waals surface area contributed by atoms with Crippen molar-refractivity contribution in [3.05, 3.63) is 77.1 Å². The number of anilines is 2. The Morgan fingerprint density at radius 1 is 1.02 bits per heavy atom. The molecule has 0 radical (unpaired) electrons. The first kappa shape index (κ1) is 29.2. The summed E-state index contributed by atoms with van der Waals surface area (Å²) in [4.78, 5) is 22.5. The summed E-state index contributed by atoms with van der Waals surface area (Å²) < 4.78 is 16.3. The molecule has 12 heteroatoms. The summed E-state index contributed by atoms with van der Waals surface area (Å²) in [5.41, 5.74) is 2.56. The number of nitro groups is 1. The van der Waals surface area contributed by atoms with Crippen LogP contribution in [0.1, 0.15) is 0 Å². The Labute approximate surface area is 245 Å². The van der Waals surface area contributed by atoms with Crippen LogP contribution in [0.5, 0.6) is 11.6 Å². The van der Waals surface area contributed by atoms with Crippen molar-refractivity contribution in [3.63, 3.8) is 0 Å². The molecule has 0 spiro atoms. The molecule has 0 atom stereocenters. The molecule has 0 aliphatic rings. The number of rotatable bonds is 13. The molecule has 0 aliphatic carbocycles. The average Bonchev–Trinajstić information content (AvgIpc) is 3.53. The van der Waals surface area contributed by atoms with Crippen molar-refractivity contribution in [1.29, 1.82) is 0 Å². The maximum Gasteiger partial charge on any atom is 0.273 e. The van der Waals surface area contributed by atoms with Gasteiger partial charge in [0.05, 0.1) is 16.4 Å². The molecule has 0 aliphatic heterocycles. The molecule has 0 fully saturated rings. The second kappa shape index (κ2) is 12.3. The van der Waals surface area contributed by atoms with Crippen LogP contribution in [0.15, 0.2) is 67.0 Å². The minimum Gasteiger partial charge on any atom is -0.438 e. The number of hydrogen-bond donors (Lipinski definition) is 1. The highest BCUT2D eigenvalue weighted by atomic mass is 28.3. The summed E-state index contributed by atoms with van der Waals surface area (Å²) in [7, 11) is 2.91. The SMILES string of the molecule is CN(C)CCn1ccc2cc(Nc3nc(Oc4cccc([N+](=O)[O-])c4)c4ccn(COCC[Si](C)(C)C)c4n3)ccc21. The van der Waals surface area contributed by atoms with Gasteiger partial charge in [-0.05, 0) is 56.5 Å². The number of ether oxygens (including phenoxy) is 2. The van der Waals surface area contributed by atoms with Crippen molar-refractivity contribution in [3.8, 4) is 11.6 Å². The van der Waals surface area contributed by atoms with Gasteiger partial charge in [0.25, 0.3) is 5.69 Å². The van der Waals surface area contributed by atoms with E-state index in [4.69, 9.17) is 14.5 Å². The maximum absolute atomic E-state index is 11.3. The molecule has 2 aromatic carbocycles. The molecular weight excluding hydrogens is 550 g/mol. The first-order chi connectivity index (χ1) is 20.1. The highest BCUT2D eigenvalue weighted by Crippen LogP contribution is 2.32. The van der Waals surface area contributed by atoms with Gasteiger partial charge in [0, 0.05) is 62.8 Å². The van der Waals surface area contributed by atoms with Crippen molar-refractivity contribution in [2.24, 2.45) is 0 Å². The molecule has 0 saturated heterocycles. The van der Waals surface area contributed by atoms with Crippen LogP contribution in [0.4, 0.5) is 17.3 Å². The number of fused-ring (bicyclic) bond motifs is 2. The Morgan fingerprint density at radius 2 is 1.83 bits per heavy atom. The second-order valence-corrected chi connectivity index (χ2v) is 17.4. The van der Waals surface area contributed by atoms with Gasteiger partial charge >= 0.3 is 0 Å². The zero-order chi connectivity index (χ0) is 29.9. The van der Waals surface area contributed by atoms with Gasteiger partial charge in [-0.2, -0.15) is 9.97 Å². The Bertz CT molecular complexity index is 1710. The fourth-order valence-electron chi connectivity index (χ4n) is 4.50. The van der Waals surface area contributed by atoms with E-state index in [1.54, 1.807) is 12.1 Å². The fourth-order valence-corrected chi connectivity index (χ4v) is 5.26. The number of non-ortho nitro benzene ring substituents is 1. The third-order valence-electron chi connectivity index (χ3n) is 6.87. The van der Waals surface area contributed by atoms with Crippen LogP contribution in [-0.2, 0) is 18.0 Å². The zero-order valence-corrected chi connectivity index (χ0v) is 25.7. The lowest BCUT2D eigenvalue weighted by atomic mass is 10.2. The predicted octanol–water partition coefficient (Wildman–Crippen LogP) is 6.70. The van der Waals surface area contributed by atoms with Crippen LogP contribution in [-0.4, -0.2) is 64.2 Å². The molecule has 220 valence electrons. The van der Waals surface area contributed by atoms with Gasteiger partial charge in [-0.15, -0.1) is 0 Å². The van der Waals surface area contributed by atoms with Crippen molar-refractivity contribution >= 4 is 47.3 Å². The summed E-state index contributed by atoms with van der Waals surface area (Å²) in [5, 5.41) is 16.4. The number of nitro benzene ring substituents is 1. The summed E-state index contributed by atoms with van der Waals surface area (Å²) in [5.74, 6) is 0.950. The van der Waals surface area contributed by atoms with Gasteiger partial charge in [0.15, 0.2) is 5.65 Å². The third kappa shape index (κ3) is 7.14. The van der Waals surface area contributed by atoms with Crippen molar-refractivity contribution in [2.75, 3.05) is 32.6 Å². The Hall–Kier alpha value is -4.26. The molecule has 5 rings (SSSR count). The largest absolute Gasteiger partial charge is 0.438 e. The van der Waals surface area contributed by atoms with Crippen molar-refractivity contribution < 1.29 is 14.4 Å². The molecule has 42 heavy (non-hydrogen) atoms. The van der Waals surface area contributed by atoms with Crippen LogP contribution < -0.4 is 10.1 Å². The third-order valence-corrected chi connectivity index (χ3v) is 8.57. The lowest BCUT2D eigenvalue weighted by Gasteiger charge is -2.16. The Kier molecular flexibility index (Phi) is 8.57. The number of benzene rings is 2. The Balaban J connectivity index is 1.45. The summed E-state index contributed by atoms with van der Waals surface area (Å²) in [6.07, 6.45) is 3.99. The quantitative estimate of drug-likeness (QED) is 0.0701. The van der Waals surface area contributed by atoms with E-state index in [0.29, 0.717) is 41.9 Å². The fraction of sp³-hybridized carbons (Fsp3) is 0.333. The topological polar surface area (TPSA) is 113 Å².